The molecule has 2 N–H and O–H groups in total. The first-order chi connectivity index (χ1) is 8.11. The zero-order valence-electron chi connectivity index (χ0n) is 10.6. The van der Waals surface area contributed by atoms with Crippen LogP contribution in [0.4, 0.5) is 0 Å². The average Bonchev–Trinajstić information content (AvgIpc) is 2.70. The van der Waals surface area contributed by atoms with Gasteiger partial charge in [0, 0.05) is 18.3 Å². The molecule has 2 rings (SSSR count). The standard InChI is InChI=1S/C14H19N3/c1-10(2)12-4-6-14(7-5-12)17-9-13(8-15)11(3)16-17/h4-7,9-10H,8,15H2,1-3H3. The van der Waals surface area contributed by atoms with Crippen LogP contribution in [0.5, 0.6) is 0 Å². The number of benzene rings is 1. The lowest BCUT2D eigenvalue weighted by atomic mass is 10.0. The molecule has 0 unspecified atom stereocenters. The maximum absolute atomic E-state index is 5.65. The van der Waals surface area contributed by atoms with Gasteiger partial charge in [0.15, 0.2) is 0 Å². The van der Waals surface area contributed by atoms with Gasteiger partial charge in [-0.1, -0.05) is 26.0 Å². The molecule has 0 amide bonds. The molecule has 0 saturated heterocycles. The van der Waals surface area contributed by atoms with Crippen molar-refractivity contribution < 1.29 is 0 Å². The van der Waals surface area contributed by atoms with Crippen molar-refractivity contribution >= 4 is 0 Å². The van der Waals surface area contributed by atoms with E-state index in [1.54, 1.807) is 0 Å². The molecule has 0 radical (unpaired) electrons. The van der Waals surface area contributed by atoms with E-state index in [4.69, 9.17) is 5.73 Å². The van der Waals surface area contributed by atoms with Crippen LogP contribution >= 0.6 is 0 Å². The molecule has 0 bridgehead atoms. The molecule has 0 aliphatic rings. The van der Waals surface area contributed by atoms with E-state index < -0.39 is 0 Å². The molecule has 3 nitrogen and oxygen atoms in total. The fourth-order valence-corrected chi connectivity index (χ4v) is 1.84. The van der Waals surface area contributed by atoms with E-state index in [2.05, 4.69) is 43.2 Å². The highest BCUT2D eigenvalue weighted by molar-refractivity contribution is 5.36. The molecule has 17 heavy (non-hydrogen) atoms. The molecule has 0 fully saturated rings. The Morgan fingerprint density at radius 3 is 2.35 bits per heavy atom. The van der Waals surface area contributed by atoms with Gasteiger partial charge in [0.05, 0.1) is 11.4 Å². The molecule has 1 aromatic heterocycles. The van der Waals surface area contributed by atoms with Crippen molar-refractivity contribution in [3.63, 3.8) is 0 Å². The van der Waals surface area contributed by atoms with Crippen molar-refractivity contribution in [1.82, 2.24) is 9.78 Å². The Bertz CT molecular complexity index is 495. The lowest BCUT2D eigenvalue weighted by Gasteiger charge is -2.06. The summed E-state index contributed by atoms with van der Waals surface area (Å²) in [5.41, 5.74) is 10.2. The van der Waals surface area contributed by atoms with Crippen molar-refractivity contribution in [2.24, 2.45) is 5.73 Å². The Labute approximate surface area is 102 Å². The van der Waals surface area contributed by atoms with Gasteiger partial charge in [0.1, 0.15) is 0 Å². The van der Waals surface area contributed by atoms with Crippen LogP contribution in [0.15, 0.2) is 30.5 Å². The maximum Gasteiger partial charge on any atom is 0.0645 e. The summed E-state index contributed by atoms with van der Waals surface area (Å²) in [7, 11) is 0. The van der Waals surface area contributed by atoms with Gasteiger partial charge in [-0.2, -0.15) is 5.10 Å². The molecule has 0 aliphatic carbocycles. The number of nitrogens with two attached hydrogens (primary N) is 1. The van der Waals surface area contributed by atoms with E-state index in [0.29, 0.717) is 12.5 Å². The minimum absolute atomic E-state index is 0.538. The molecule has 0 saturated carbocycles. The topological polar surface area (TPSA) is 43.8 Å². The normalized spacial score (nSPS) is 11.1. The second-order valence-corrected chi connectivity index (χ2v) is 4.63. The van der Waals surface area contributed by atoms with E-state index in [9.17, 15) is 0 Å². The van der Waals surface area contributed by atoms with Gasteiger partial charge in [0.25, 0.3) is 0 Å². The summed E-state index contributed by atoms with van der Waals surface area (Å²) in [4.78, 5) is 0. The van der Waals surface area contributed by atoms with Crippen LogP contribution in [0.1, 0.15) is 36.6 Å². The SMILES string of the molecule is Cc1nn(-c2ccc(C(C)C)cc2)cc1CN. The summed E-state index contributed by atoms with van der Waals surface area (Å²) in [6.45, 7) is 6.91. The zero-order chi connectivity index (χ0) is 12.4. The molecular weight excluding hydrogens is 210 g/mol. The first-order valence-corrected chi connectivity index (χ1v) is 5.97. The fourth-order valence-electron chi connectivity index (χ4n) is 1.84. The number of hydrogen-bond acceptors (Lipinski definition) is 2. The number of hydrogen-bond donors (Lipinski definition) is 1. The summed E-state index contributed by atoms with van der Waals surface area (Å²) >= 11 is 0. The van der Waals surface area contributed by atoms with Crippen LogP contribution in [0, 0.1) is 6.92 Å². The fraction of sp³-hybridized carbons (Fsp3) is 0.357. The molecular formula is C14H19N3. The van der Waals surface area contributed by atoms with Crippen LogP contribution < -0.4 is 5.73 Å². The highest BCUT2D eigenvalue weighted by Gasteiger charge is 2.05. The largest absolute Gasteiger partial charge is 0.326 e. The van der Waals surface area contributed by atoms with Gasteiger partial charge >= 0.3 is 0 Å². The molecule has 2 aromatic rings. The second kappa shape index (κ2) is 4.72. The molecule has 3 heteroatoms. The number of aromatic nitrogens is 2. The second-order valence-electron chi connectivity index (χ2n) is 4.63. The van der Waals surface area contributed by atoms with Crippen molar-refractivity contribution in [2.45, 2.75) is 33.2 Å². The summed E-state index contributed by atoms with van der Waals surface area (Å²) in [6, 6.07) is 8.50. The first-order valence-electron chi connectivity index (χ1n) is 5.97. The average molecular weight is 229 g/mol. The highest BCUT2D eigenvalue weighted by atomic mass is 15.3. The summed E-state index contributed by atoms with van der Waals surface area (Å²) < 4.78 is 1.89. The van der Waals surface area contributed by atoms with Crippen molar-refractivity contribution in [3.05, 3.63) is 47.3 Å². The summed E-state index contributed by atoms with van der Waals surface area (Å²) in [5, 5.41) is 4.46. The van der Waals surface area contributed by atoms with Crippen LogP contribution in [0.2, 0.25) is 0 Å². The Morgan fingerprint density at radius 1 is 1.24 bits per heavy atom. The molecule has 0 atom stereocenters. The maximum atomic E-state index is 5.65. The van der Waals surface area contributed by atoms with Crippen molar-refractivity contribution in [1.29, 1.82) is 0 Å². The van der Waals surface area contributed by atoms with E-state index in [1.165, 1.54) is 5.56 Å². The molecule has 1 aromatic carbocycles. The Kier molecular flexibility index (Phi) is 3.29. The van der Waals surface area contributed by atoms with Gasteiger partial charge < -0.3 is 5.73 Å². The highest BCUT2D eigenvalue weighted by Crippen LogP contribution is 2.17. The van der Waals surface area contributed by atoms with Gasteiger partial charge in [-0.3, -0.25) is 0 Å². The number of nitrogens with zero attached hydrogens (tertiary/aromatic N) is 2. The van der Waals surface area contributed by atoms with E-state index >= 15 is 0 Å². The van der Waals surface area contributed by atoms with Crippen molar-refractivity contribution in [2.75, 3.05) is 0 Å². The Balaban J connectivity index is 2.33. The third kappa shape index (κ3) is 2.39. The Hall–Kier alpha value is -1.61. The van der Waals surface area contributed by atoms with Crippen LogP contribution in [0.25, 0.3) is 5.69 Å². The third-order valence-corrected chi connectivity index (χ3v) is 3.04. The van der Waals surface area contributed by atoms with Crippen molar-refractivity contribution in [3.8, 4) is 5.69 Å². The molecule has 0 spiro atoms. The van der Waals surface area contributed by atoms with Gasteiger partial charge in [-0.25, -0.2) is 4.68 Å². The molecule has 0 aliphatic heterocycles. The number of rotatable bonds is 3. The summed E-state index contributed by atoms with van der Waals surface area (Å²) in [6.07, 6.45) is 2.00. The first kappa shape index (κ1) is 11.9. The van der Waals surface area contributed by atoms with E-state index in [-0.39, 0.29) is 0 Å². The van der Waals surface area contributed by atoms with E-state index in [1.807, 2.05) is 17.8 Å². The molecule has 1 heterocycles. The predicted molar refractivity (Wildman–Crippen MR) is 70.3 cm³/mol. The predicted octanol–water partition coefficient (Wildman–Crippen LogP) is 2.76. The number of aryl methyl sites for hydroxylation is 1. The zero-order valence-corrected chi connectivity index (χ0v) is 10.6. The third-order valence-electron chi connectivity index (χ3n) is 3.04. The molecule has 90 valence electrons. The van der Waals surface area contributed by atoms with Gasteiger partial charge in [-0.15, -0.1) is 0 Å². The summed E-state index contributed by atoms with van der Waals surface area (Å²) in [5.74, 6) is 0.558. The lowest BCUT2D eigenvalue weighted by molar-refractivity contribution is 0.846. The quantitative estimate of drug-likeness (QED) is 0.879. The van der Waals surface area contributed by atoms with Crippen LogP contribution in [-0.2, 0) is 6.54 Å². The monoisotopic (exact) mass is 229 g/mol. The van der Waals surface area contributed by atoms with Crippen LogP contribution in [-0.4, -0.2) is 9.78 Å². The minimum atomic E-state index is 0.538. The minimum Gasteiger partial charge on any atom is -0.326 e. The van der Waals surface area contributed by atoms with Gasteiger partial charge in [-0.05, 0) is 30.5 Å². The van der Waals surface area contributed by atoms with Crippen LogP contribution in [0.3, 0.4) is 0 Å². The Morgan fingerprint density at radius 2 is 1.88 bits per heavy atom. The smallest absolute Gasteiger partial charge is 0.0645 e. The van der Waals surface area contributed by atoms with E-state index in [0.717, 1.165) is 16.9 Å². The lowest BCUT2D eigenvalue weighted by Crippen LogP contribution is -1.96. The van der Waals surface area contributed by atoms with Gasteiger partial charge in [0.2, 0.25) is 0 Å².